The van der Waals surface area contributed by atoms with Crippen LogP contribution in [-0.4, -0.2) is 48.7 Å². The molecule has 0 fully saturated rings. The molecular weight excluding hydrogens is 208 g/mol. The smallest absolute Gasteiger partial charge is 0.345 e. The number of carboxylic acids is 2. The minimum atomic E-state index is -2.94. The van der Waals surface area contributed by atoms with E-state index in [9.17, 15) is 14.7 Å². The van der Waals surface area contributed by atoms with Gasteiger partial charge in [0.25, 0.3) is 0 Å². The molecule has 2 atom stereocenters. The minimum Gasteiger partial charge on any atom is -0.479 e. The third kappa shape index (κ3) is 1.67. The molecule has 8 nitrogen and oxygen atoms in total. The second-order valence-corrected chi connectivity index (χ2v) is 2.78. The molecule has 0 aromatic carbocycles. The fraction of sp³-hybridized carbons (Fsp3) is 0.286. The van der Waals surface area contributed by atoms with Crippen LogP contribution in [0, 0.1) is 0 Å². The Labute approximate surface area is 82.8 Å². The standard InChI is InChI=1S/C7H8N2O6/c10-4(5(11)12)7(15,6(13)14)3-1-2-8-9-3/h1-2,4,10,15H,(H,8,9)(H,11,12)(H,13,14). The van der Waals surface area contributed by atoms with Gasteiger partial charge < -0.3 is 20.4 Å². The van der Waals surface area contributed by atoms with Crippen molar-refractivity contribution in [2.45, 2.75) is 11.7 Å². The van der Waals surface area contributed by atoms with Gasteiger partial charge in [-0.2, -0.15) is 5.10 Å². The summed E-state index contributed by atoms with van der Waals surface area (Å²) in [7, 11) is 0. The number of aromatic amines is 1. The molecule has 5 N–H and O–H groups in total. The van der Waals surface area contributed by atoms with Gasteiger partial charge in [0.2, 0.25) is 5.60 Å². The Morgan fingerprint density at radius 2 is 2.07 bits per heavy atom. The molecule has 0 amide bonds. The maximum absolute atomic E-state index is 10.7. The summed E-state index contributed by atoms with van der Waals surface area (Å²) in [5, 5.41) is 41.3. The number of nitrogens with zero attached hydrogens (tertiary/aromatic N) is 1. The van der Waals surface area contributed by atoms with Gasteiger partial charge in [-0.15, -0.1) is 0 Å². The van der Waals surface area contributed by atoms with Gasteiger partial charge in [0.1, 0.15) is 0 Å². The molecule has 0 saturated carbocycles. The van der Waals surface area contributed by atoms with Crippen LogP contribution in [0.15, 0.2) is 12.3 Å². The lowest BCUT2D eigenvalue weighted by molar-refractivity contribution is -0.185. The zero-order valence-corrected chi connectivity index (χ0v) is 7.28. The maximum Gasteiger partial charge on any atom is 0.345 e. The summed E-state index contributed by atoms with van der Waals surface area (Å²) in [5.74, 6) is -3.74. The Hall–Kier alpha value is -1.93. The number of H-pyrrole nitrogens is 1. The van der Waals surface area contributed by atoms with Crippen LogP contribution in [0.1, 0.15) is 5.69 Å². The number of aliphatic hydroxyl groups excluding tert-OH is 1. The van der Waals surface area contributed by atoms with Crippen LogP contribution in [0.2, 0.25) is 0 Å². The predicted molar refractivity (Wildman–Crippen MR) is 43.8 cm³/mol. The molecule has 0 aliphatic rings. The number of nitrogens with one attached hydrogen (secondary N) is 1. The summed E-state index contributed by atoms with van der Waals surface area (Å²) < 4.78 is 0. The van der Waals surface area contributed by atoms with E-state index in [1.165, 1.54) is 0 Å². The van der Waals surface area contributed by atoms with Crippen molar-refractivity contribution in [1.82, 2.24) is 10.2 Å². The molecule has 0 aliphatic heterocycles. The maximum atomic E-state index is 10.7. The number of aliphatic hydroxyl groups is 2. The van der Waals surface area contributed by atoms with Crippen LogP contribution in [0.3, 0.4) is 0 Å². The monoisotopic (exact) mass is 216 g/mol. The zero-order chi connectivity index (χ0) is 11.6. The van der Waals surface area contributed by atoms with E-state index in [2.05, 4.69) is 10.2 Å². The Bertz CT molecular complexity index is 375. The van der Waals surface area contributed by atoms with Crippen molar-refractivity contribution in [3.63, 3.8) is 0 Å². The van der Waals surface area contributed by atoms with Crippen LogP contribution >= 0.6 is 0 Å². The molecule has 1 rings (SSSR count). The van der Waals surface area contributed by atoms with E-state index in [1.54, 1.807) is 0 Å². The number of aromatic nitrogens is 2. The molecule has 0 spiro atoms. The summed E-state index contributed by atoms with van der Waals surface area (Å²) in [6.45, 7) is 0. The van der Waals surface area contributed by atoms with Crippen molar-refractivity contribution in [3.05, 3.63) is 18.0 Å². The lowest BCUT2D eigenvalue weighted by atomic mass is 9.93. The van der Waals surface area contributed by atoms with Gasteiger partial charge in [0.15, 0.2) is 6.10 Å². The molecule has 82 valence electrons. The molecule has 1 heterocycles. The van der Waals surface area contributed by atoms with Crippen LogP contribution in [0.4, 0.5) is 0 Å². The molecule has 0 aliphatic carbocycles. The quantitative estimate of drug-likeness (QED) is 0.396. The lowest BCUT2D eigenvalue weighted by Crippen LogP contribution is -2.50. The van der Waals surface area contributed by atoms with E-state index in [4.69, 9.17) is 15.3 Å². The van der Waals surface area contributed by atoms with Crippen molar-refractivity contribution in [2.75, 3.05) is 0 Å². The van der Waals surface area contributed by atoms with E-state index in [1.807, 2.05) is 0 Å². The van der Waals surface area contributed by atoms with Gasteiger partial charge in [0.05, 0.1) is 5.69 Å². The van der Waals surface area contributed by atoms with Crippen molar-refractivity contribution in [1.29, 1.82) is 0 Å². The molecule has 8 heteroatoms. The van der Waals surface area contributed by atoms with E-state index in [-0.39, 0.29) is 0 Å². The molecule has 15 heavy (non-hydrogen) atoms. The lowest BCUT2D eigenvalue weighted by Gasteiger charge is -2.24. The van der Waals surface area contributed by atoms with Crippen LogP contribution in [0.25, 0.3) is 0 Å². The summed E-state index contributed by atoms with van der Waals surface area (Å²) in [6.07, 6.45) is -1.37. The number of carboxylic acid groups (broad SMARTS) is 2. The highest BCUT2D eigenvalue weighted by Crippen LogP contribution is 2.23. The third-order valence-electron chi connectivity index (χ3n) is 1.87. The van der Waals surface area contributed by atoms with Gasteiger partial charge in [-0.25, -0.2) is 9.59 Å². The number of hydrogen-bond donors (Lipinski definition) is 5. The second kappa shape index (κ2) is 3.67. The van der Waals surface area contributed by atoms with Crippen molar-refractivity contribution >= 4 is 11.9 Å². The number of carbonyl (C=O) groups is 2. The van der Waals surface area contributed by atoms with Crippen molar-refractivity contribution < 1.29 is 30.0 Å². The summed E-state index contributed by atoms with van der Waals surface area (Å²) >= 11 is 0. The Balaban J connectivity index is 3.21. The highest BCUT2D eigenvalue weighted by Gasteiger charge is 2.50. The largest absolute Gasteiger partial charge is 0.479 e. The minimum absolute atomic E-state index is 0.412. The first-order chi connectivity index (χ1) is 6.90. The number of aliphatic carboxylic acids is 2. The summed E-state index contributed by atoms with van der Waals surface area (Å²) in [4.78, 5) is 21.2. The fourth-order valence-electron chi connectivity index (χ4n) is 1.03. The zero-order valence-electron chi connectivity index (χ0n) is 7.28. The van der Waals surface area contributed by atoms with Gasteiger partial charge >= 0.3 is 11.9 Å². The van der Waals surface area contributed by atoms with E-state index in [0.717, 1.165) is 12.3 Å². The fourth-order valence-corrected chi connectivity index (χ4v) is 1.03. The van der Waals surface area contributed by atoms with E-state index >= 15 is 0 Å². The van der Waals surface area contributed by atoms with Crippen LogP contribution in [-0.2, 0) is 15.2 Å². The van der Waals surface area contributed by atoms with Gasteiger partial charge in [0, 0.05) is 6.20 Å². The highest BCUT2D eigenvalue weighted by molar-refractivity contribution is 5.87. The number of hydrogen-bond acceptors (Lipinski definition) is 5. The van der Waals surface area contributed by atoms with E-state index in [0.29, 0.717) is 0 Å². The number of rotatable bonds is 4. The van der Waals surface area contributed by atoms with Crippen molar-refractivity contribution in [2.24, 2.45) is 0 Å². The molecule has 2 unspecified atom stereocenters. The summed E-state index contributed by atoms with van der Waals surface area (Å²) in [6, 6.07) is 1.06. The predicted octanol–water partition coefficient (Wildman–Crippen LogP) is -1.87. The molecule has 0 radical (unpaired) electrons. The average Bonchev–Trinajstić information content (AvgIpc) is 2.67. The SMILES string of the molecule is O=C(O)C(O)C(O)(C(=O)O)c1ccn[nH]1. The van der Waals surface area contributed by atoms with Crippen LogP contribution < -0.4 is 0 Å². The second-order valence-electron chi connectivity index (χ2n) is 2.78. The third-order valence-corrected chi connectivity index (χ3v) is 1.87. The highest BCUT2D eigenvalue weighted by atomic mass is 16.4. The Morgan fingerprint density at radius 3 is 2.40 bits per heavy atom. The molecule has 1 aromatic rings. The van der Waals surface area contributed by atoms with Gasteiger partial charge in [-0.1, -0.05) is 0 Å². The summed E-state index contributed by atoms with van der Waals surface area (Å²) in [5.41, 5.74) is -3.35. The van der Waals surface area contributed by atoms with E-state index < -0.39 is 29.3 Å². The Morgan fingerprint density at radius 1 is 1.47 bits per heavy atom. The van der Waals surface area contributed by atoms with Gasteiger partial charge in [-0.05, 0) is 6.07 Å². The first kappa shape index (κ1) is 11.1. The molecule has 0 saturated heterocycles. The normalized spacial score (nSPS) is 16.7. The van der Waals surface area contributed by atoms with Crippen LogP contribution in [0.5, 0.6) is 0 Å². The first-order valence-electron chi connectivity index (χ1n) is 3.77. The molecular formula is C7H8N2O6. The molecule has 0 bridgehead atoms. The first-order valence-corrected chi connectivity index (χ1v) is 3.77. The van der Waals surface area contributed by atoms with Crippen molar-refractivity contribution in [3.8, 4) is 0 Å². The average molecular weight is 216 g/mol. The Kier molecular flexibility index (Phi) is 2.73. The van der Waals surface area contributed by atoms with Gasteiger partial charge in [-0.3, -0.25) is 5.10 Å². The molecule has 1 aromatic heterocycles. The topological polar surface area (TPSA) is 144 Å².